The molecule has 0 spiro atoms. The Morgan fingerprint density at radius 3 is 2.16 bits per heavy atom. The molecule has 4 aliphatic rings. The van der Waals surface area contributed by atoms with Crippen LogP contribution in [0.5, 0.6) is 0 Å². The van der Waals surface area contributed by atoms with Crippen molar-refractivity contribution in [3.05, 3.63) is 12.2 Å². The third-order valence-electron chi connectivity index (χ3n) is 13.5. The van der Waals surface area contributed by atoms with Crippen molar-refractivity contribution in [1.82, 2.24) is 0 Å². The number of ether oxygens (including phenoxy) is 2. The van der Waals surface area contributed by atoms with Crippen molar-refractivity contribution in [1.29, 1.82) is 0 Å². The number of hydrogen-bond donors (Lipinski definition) is 3. The number of carbonyl (C=O) groups is 3. The van der Waals surface area contributed by atoms with Crippen molar-refractivity contribution in [2.75, 3.05) is 0 Å². The highest BCUT2D eigenvalue weighted by atomic mass is 16.5. The maximum absolute atomic E-state index is 12.6. The van der Waals surface area contributed by atoms with E-state index in [4.69, 9.17) is 14.6 Å². The van der Waals surface area contributed by atoms with Gasteiger partial charge in [0.15, 0.2) is 0 Å². The Labute approximate surface area is 258 Å². The molecule has 0 saturated heterocycles. The highest BCUT2D eigenvalue weighted by Crippen LogP contribution is 2.76. The minimum atomic E-state index is -1.18. The molecule has 8 heteroatoms. The summed E-state index contributed by atoms with van der Waals surface area (Å²) in [7, 11) is 0. The molecule has 0 bridgehead atoms. The van der Waals surface area contributed by atoms with Gasteiger partial charge in [-0.2, -0.15) is 0 Å². The van der Waals surface area contributed by atoms with Gasteiger partial charge in [0.05, 0.1) is 11.7 Å². The summed E-state index contributed by atoms with van der Waals surface area (Å²) in [5.74, 6) is -1.73. The number of carbonyl (C=O) groups excluding carboxylic acids is 2. The Morgan fingerprint density at radius 1 is 0.953 bits per heavy atom. The Kier molecular flexibility index (Phi) is 9.05. The number of rotatable bonds is 9. The Balaban J connectivity index is 1.67. The van der Waals surface area contributed by atoms with E-state index in [-0.39, 0.29) is 63.5 Å². The van der Waals surface area contributed by atoms with E-state index in [1.54, 1.807) is 6.92 Å². The van der Waals surface area contributed by atoms with Crippen LogP contribution in [0.3, 0.4) is 0 Å². The fraction of sp³-hybridized carbons (Fsp3) is 0.857. The van der Waals surface area contributed by atoms with E-state index < -0.39 is 30.1 Å². The molecule has 3 N–H and O–H groups in total. The zero-order valence-electron chi connectivity index (χ0n) is 27.7. The standard InChI is InChI=1S/C35H56O8/c1-20(2)23(37)11-17-35(9,41)22-10-15-34(8)30(22)24(42-21(3)36)18-26-32(6)14-13-27(43-29(40)19-28(38)39)31(4,5)25(32)12-16-33(26,34)7/h22-27,30,37,41H,1,10-19H2,2-9H3,(H,38,39)/t22?,23?,24-,25?,26?,27?,30?,32+,33-,34-,35+/m1/s1. The SMILES string of the molecule is C=C(C)C(O)CC[C@](C)(O)C1CC[C@]2(C)C1[C@H](OC(C)=O)CC1[C@@]3(C)CCC(OC(=O)CC(=O)O)C(C)(C)C3CC[C@]12C. The molecule has 6 unspecified atom stereocenters. The first-order valence-electron chi connectivity index (χ1n) is 16.3. The molecule has 4 fully saturated rings. The lowest BCUT2D eigenvalue weighted by molar-refractivity contribution is -0.252. The molecule has 43 heavy (non-hydrogen) atoms. The van der Waals surface area contributed by atoms with Crippen molar-refractivity contribution >= 4 is 17.9 Å². The molecular weight excluding hydrogens is 548 g/mol. The van der Waals surface area contributed by atoms with E-state index in [0.717, 1.165) is 38.5 Å². The van der Waals surface area contributed by atoms with Crippen LogP contribution in [0.15, 0.2) is 12.2 Å². The van der Waals surface area contributed by atoms with Crippen LogP contribution in [0.1, 0.15) is 120 Å². The fourth-order valence-electron chi connectivity index (χ4n) is 11.1. The van der Waals surface area contributed by atoms with E-state index in [2.05, 4.69) is 41.2 Å². The number of esters is 2. The second-order valence-electron chi connectivity index (χ2n) is 16.2. The normalized spacial score (nSPS) is 41.9. The zero-order valence-corrected chi connectivity index (χ0v) is 27.7. The van der Waals surface area contributed by atoms with E-state index in [9.17, 15) is 24.6 Å². The molecule has 4 saturated carbocycles. The third kappa shape index (κ3) is 5.69. The average molecular weight is 605 g/mol. The summed E-state index contributed by atoms with van der Waals surface area (Å²) in [5, 5.41) is 31.5. The van der Waals surface area contributed by atoms with Gasteiger partial charge in [0.25, 0.3) is 0 Å². The quantitative estimate of drug-likeness (QED) is 0.164. The molecule has 0 heterocycles. The number of aliphatic carboxylic acids is 1. The molecular formula is C35H56O8. The first-order chi connectivity index (χ1) is 19.7. The van der Waals surface area contributed by atoms with Crippen molar-refractivity contribution < 1.29 is 39.2 Å². The molecule has 0 aliphatic heterocycles. The van der Waals surface area contributed by atoms with Gasteiger partial charge < -0.3 is 24.8 Å². The second kappa shape index (κ2) is 11.5. The first-order valence-corrected chi connectivity index (χ1v) is 16.3. The van der Waals surface area contributed by atoms with Crippen LogP contribution in [0, 0.1) is 45.3 Å². The van der Waals surface area contributed by atoms with Crippen LogP contribution in [-0.4, -0.2) is 57.1 Å². The van der Waals surface area contributed by atoms with Gasteiger partial charge in [-0.15, -0.1) is 0 Å². The highest BCUT2D eigenvalue weighted by molar-refractivity contribution is 5.90. The van der Waals surface area contributed by atoms with E-state index in [0.29, 0.717) is 24.8 Å². The Hall–Kier alpha value is -1.93. The molecule has 8 nitrogen and oxygen atoms in total. The van der Waals surface area contributed by atoms with Gasteiger partial charge in [-0.25, -0.2) is 0 Å². The minimum Gasteiger partial charge on any atom is -0.481 e. The van der Waals surface area contributed by atoms with Gasteiger partial charge >= 0.3 is 17.9 Å². The summed E-state index contributed by atoms with van der Waals surface area (Å²) < 4.78 is 12.0. The maximum Gasteiger partial charge on any atom is 0.317 e. The molecule has 0 aromatic heterocycles. The summed E-state index contributed by atoms with van der Waals surface area (Å²) in [6, 6.07) is 0. The molecule has 0 aromatic carbocycles. The number of fused-ring (bicyclic) bond motifs is 5. The van der Waals surface area contributed by atoms with Crippen LogP contribution in [0.4, 0.5) is 0 Å². The summed E-state index contributed by atoms with van der Waals surface area (Å²) in [5.41, 5.74) is -0.988. The van der Waals surface area contributed by atoms with Gasteiger partial charge in [0.1, 0.15) is 18.6 Å². The Morgan fingerprint density at radius 2 is 1.58 bits per heavy atom. The molecule has 4 aliphatic carbocycles. The minimum absolute atomic E-state index is 0.00362. The van der Waals surface area contributed by atoms with Crippen molar-refractivity contribution in [2.45, 2.75) is 144 Å². The number of aliphatic hydroxyl groups is 2. The fourth-order valence-corrected chi connectivity index (χ4v) is 11.1. The first kappa shape index (κ1) is 34.0. The predicted molar refractivity (Wildman–Crippen MR) is 163 cm³/mol. The van der Waals surface area contributed by atoms with Crippen LogP contribution < -0.4 is 0 Å². The lowest BCUT2D eigenvalue weighted by Crippen LogP contribution is -2.67. The number of aliphatic hydroxyl groups excluding tert-OH is 1. The number of carboxylic acid groups (broad SMARTS) is 1. The average Bonchev–Trinajstić information content (AvgIpc) is 3.25. The van der Waals surface area contributed by atoms with Crippen LogP contribution in [-0.2, 0) is 23.9 Å². The van der Waals surface area contributed by atoms with E-state index in [1.807, 2.05) is 6.92 Å². The van der Waals surface area contributed by atoms with Gasteiger partial charge in [0, 0.05) is 18.3 Å². The summed E-state index contributed by atoms with van der Waals surface area (Å²) >= 11 is 0. The summed E-state index contributed by atoms with van der Waals surface area (Å²) in [6.07, 6.45) is 4.89. The lowest BCUT2D eigenvalue weighted by Gasteiger charge is -2.70. The smallest absolute Gasteiger partial charge is 0.317 e. The van der Waals surface area contributed by atoms with Crippen molar-refractivity contribution in [3.63, 3.8) is 0 Å². The second-order valence-corrected chi connectivity index (χ2v) is 16.2. The highest BCUT2D eigenvalue weighted by Gasteiger charge is 2.72. The van der Waals surface area contributed by atoms with Crippen LogP contribution in [0.25, 0.3) is 0 Å². The molecule has 244 valence electrons. The van der Waals surface area contributed by atoms with E-state index in [1.165, 1.54) is 6.92 Å². The predicted octanol–water partition coefficient (Wildman–Crippen LogP) is 6.07. The molecule has 11 atom stereocenters. The van der Waals surface area contributed by atoms with Crippen molar-refractivity contribution in [2.24, 2.45) is 45.3 Å². The van der Waals surface area contributed by atoms with Gasteiger partial charge in [0.2, 0.25) is 0 Å². The van der Waals surface area contributed by atoms with Gasteiger partial charge in [-0.05, 0) is 106 Å². The summed E-state index contributed by atoms with van der Waals surface area (Å²) in [4.78, 5) is 36.1. The molecule has 4 rings (SSSR count). The third-order valence-corrected chi connectivity index (χ3v) is 13.5. The largest absolute Gasteiger partial charge is 0.481 e. The molecule has 0 aromatic rings. The number of carboxylic acids is 1. The van der Waals surface area contributed by atoms with Gasteiger partial charge in [-0.3, -0.25) is 14.4 Å². The van der Waals surface area contributed by atoms with Crippen LogP contribution in [0.2, 0.25) is 0 Å². The van der Waals surface area contributed by atoms with E-state index >= 15 is 0 Å². The molecule has 0 radical (unpaired) electrons. The number of hydrogen-bond acceptors (Lipinski definition) is 7. The Bertz CT molecular complexity index is 1130. The topological polar surface area (TPSA) is 130 Å². The maximum atomic E-state index is 12.6. The zero-order chi connectivity index (χ0) is 32.3. The van der Waals surface area contributed by atoms with Crippen molar-refractivity contribution in [3.8, 4) is 0 Å². The molecule has 0 amide bonds. The monoisotopic (exact) mass is 604 g/mol. The lowest BCUT2D eigenvalue weighted by atomic mass is 9.35. The van der Waals surface area contributed by atoms with Crippen LogP contribution >= 0.6 is 0 Å². The van der Waals surface area contributed by atoms with Gasteiger partial charge in [-0.1, -0.05) is 46.8 Å². The summed E-state index contributed by atoms with van der Waals surface area (Å²) in [6.45, 7) is 20.5.